The largest absolute Gasteiger partial charge is 0.451 e. The summed E-state index contributed by atoms with van der Waals surface area (Å²) in [4.78, 5) is 7.30. The SMILES string of the molecule is FC(F)(F)c1nc(NCc2ccccc2)c2nnn(Cc3ccccc3Cl)c2n1. The minimum atomic E-state index is -4.71. The summed E-state index contributed by atoms with van der Waals surface area (Å²) in [6.45, 7) is 0.407. The highest BCUT2D eigenvalue weighted by Gasteiger charge is 2.36. The van der Waals surface area contributed by atoms with E-state index in [0.29, 0.717) is 10.6 Å². The lowest BCUT2D eigenvalue weighted by Crippen LogP contribution is -2.15. The van der Waals surface area contributed by atoms with Crippen molar-refractivity contribution >= 4 is 28.6 Å². The number of nitrogens with one attached hydrogen (secondary N) is 1. The highest BCUT2D eigenvalue weighted by molar-refractivity contribution is 6.31. The van der Waals surface area contributed by atoms with E-state index in [1.54, 1.807) is 24.3 Å². The van der Waals surface area contributed by atoms with Crippen molar-refractivity contribution in [3.8, 4) is 0 Å². The van der Waals surface area contributed by atoms with E-state index in [2.05, 4.69) is 25.6 Å². The molecule has 0 unspecified atom stereocenters. The molecule has 1 N–H and O–H groups in total. The lowest BCUT2D eigenvalue weighted by atomic mass is 10.2. The zero-order valence-corrected chi connectivity index (χ0v) is 15.6. The first-order valence-corrected chi connectivity index (χ1v) is 8.99. The van der Waals surface area contributed by atoms with E-state index in [9.17, 15) is 13.2 Å². The third kappa shape index (κ3) is 4.14. The van der Waals surface area contributed by atoms with E-state index in [1.807, 2.05) is 30.3 Å². The molecule has 0 spiro atoms. The topological polar surface area (TPSA) is 68.5 Å². The van der Waals surface area contributed by atoms with E-state index in [1.165, 1.54) is 4.68 Å². The van der Waals surface area contributed by atoms with Crippen LogP contribution in [-0.4, -0.2) is 25.0 Å². The summed E-state index contributed by atoms with van der Waals surface area (Å²) in [6, 6.07) is 16.2. The predicted molar refractivity (Wildman–Crippen MR) is 102 cm³/mol. The Morgan fingerprint density at radius 2 is 1.69 bits per heavy atom. The Labute approximate surface area is 168 Å². The first-order valence-electron chi connectivity index (χ1n) is 8.61. The van der Waals surface area contributed by atoms with Crippen LogP contribution < -0.4 is 5.32 Å². The first-order chi connectivity index (χ1) is 13.9. The van der Waals surface area contributed by atoms with Gasteiger partial charge < -0.3 is 5.32 Å². The molecular formula is C19H14ClF3N6. The molecular weight excluding hydrogens is 405 g/mol. The Morgan fingerprint density at radius 1 is 0.966 bits per heavy atom. The monoisotopic (exact) mass is 418 g/mol. The van der Waals surface area contributed by atoms with Gasteiger partial charge in [0.2, 0.25) is 5.82 Å². The number of hydrogen-bond donors (Lipinski definition) is 1. The third-order valence-corrected chi connectivity index (χ3v) is 4.57. The van der Waals surface area contributed by atoms with E-state index in [4.69, 9.17) is 11.6 Å². The molecule has 2 heterocycles. The van der Waals surface area contributed by atoms with Gasteiger partial charge in [0.1, 0.15) is 0 Å². The molecule has 148 valence electrons. The maximum absolute atomic E-state index is 13.4. The van der Waals surface area contributed by atoms with Gasteiger partial charge in [-0.05, 0) is 17.2 Å². The van der Waals surface area contributed by atoms with E-state index < -0.39 is 12.0 Å². The second-order valence-corrected chi connectivity index (χ2v) is 6.65. The van der Waals surface area contributed by atoms with Crippen molar-refractivity contribution < 1.29 is 13.2 Å². The van der Waals surface area contributed by atoms with Gasteiger partial charge in [0.15, 0.2) is 17.0 Å². The first kappa shape index (κ1) is 19.1. The molecule has 4 aromatic rings. The minimum absolute atomic E-state index is 0.0252. The van der Waals surface area contributed by atoms with Crippen molar-refractivity contribution in [2.45, 2.75) is 19.3 Å². The maximum atomic E-state index is 13.4. The molecule has 2 aromatic carbocycles. The van der Waals surface area contributed by atoms with Gasteiger partial charge in [0, 0.05) is 11.6 Å². The van der Waals surface area contributed by atoms with E-state index in [0.717, 1.165) is 5.56 Å². The zero-order valence-electron chi connectivity index (χ0n) is 14.9. The van der Waals surface area contributed by atoms with Gasteiger partial charge in [0.25, 0.3) is 0 Å². The lowest BCUT2D eigenvalue weighted by Gasteiger charge is -2.11. The van der Waals surface area contributed by atoms with Crippen LogP contribution in [0.3, 0.4) is 0 Å². The number of rotatable bonds is 5. The Hall–Kier alpha value is -3.20. The summed E-state index contributed by atoms with van der Waals surface area (Å²) in [5.41, 5.74) is 1.70. The van der Waals surface area contributed by atoms with Crippen molar-refractivity contribution in [3.05, 3.63) is 76.6 Å². The van der Waals surface area contributed by atoms with E-state index in [-0.39, 0.29) is 30.1 Å². The number of hydrogen-bond acceptors (Lipinski definition) is 5. The van der Waals surface area contributed by atoms with Gasteiger partial charge in [-0.25, -0.2) is 14.6 Å². The number of aromatic nitrogens is 5. The van der Waals surface area contributed by atoms with Crippen LogP contribution in [0.1, 0.15) is 17.0 Å². The van der Waals surface area contributed by atoms with Crippen LogP contribution in [0, 0.1) is 0 Å². The van der Waals surface area contributed by atoms with Gasteiger partial charge in [-0.3, -0.25) is 0 Å². The zero-order chi connectivity index (χ0) is 20.4. The molecule has 29 heavy (non-hydrogen) atoms. The van der Waals surface area contributed by atoms with Crippen molar-refractivity contribution in [3.63, 3.8) is 0 Å². The van der Waals surface area contributed by atoms with Crippen molar-refractivity contribution in [2.24, 2.45) is 0 Å². The van der Waals surface area contributed by atoms with Crippen LogP contribution in [0.5, 0.6) is 0 Å². The van der Waals surface area contributed by atoms with Crippen molar-refractivity contribution in [1.29, 1.82) is 0 Å². The molecule has 0 saturated carbocycles. The summed E-state index contributed by atoms with van der Waals surface area (Å²) in [5, 5.41) is 11.4. The van der Waals surface area contributed by atoms with Gasteiger partial charge >= 0.3 is 6.18 Å². The van der Waals surface area contributed by atoms with Crippen LogP contribution >= 0.6 is 11.6 Å². The van der Waals surface area contributed by atoms with Crippen LogP contribution in [0.15, 0.2) is 54.6 Å². The quantitative estimate of drug-likeness (QED) is 0.515. The van der Waals surface area contributed by atoms with Gasteiger partial charge in [-0.1, -0.05) is 65.3 Å². The summed E-state index contributed by atoms with van der Waals surface area (Å²) < 4.78 is 41.4. The molecule has 0 aliphatic rings. The molecule has 0 aliphatic heterocycles. The Kier molecular flexibility index (Phi) is 5.06. The minimum Gasteiger partial charge on any atom is -0.364 e. The summed E-state index contributed by atoms with van der Waals surface area (Å²) in [6.07, 6.45) is -4.71. The molecule has 6 nitrogen and oxygen atoms in total. The van der Waals surface area contributed by atoms with Gasteiger partial charge in [-0.15, -0.1) is 5.10 Å². The molecule has 0 fully saturated rings. The summed E-state index contributed by atoms with van der Waals surface area (Å²) in [7, 11) is 0. The van der Waals surface area contributed by atoms with Crippen LogP contribution in [0.4, 0.5) is 19.0 Å². The molecule has 4 rings (SSSR count). The number of alkyl halides is 3. The van der Waals surface area contributed by atoms with Crippen LogP contribution in [-0.2, 0) is 19.3 Å². The number of benzene rings is 2. The molecule has 10 heteroatoms. The smallest absolute Gasteiger partial charge is 0.364 e. The Balaban J connectivity index is 1.74. The average molecular weight is 419 g/mol. The lowest BCUT2D eigenvalue weighted by molar-refractivity contribution is -0.144. The number of fused-ring (bicyclic) bond motifs is 1. The fourth-order valence-corrected chi connectivity index (χ4v) is 2.98. The summed E-state index contributed by atoms with van der Waals surface area (Å²) >= 11 is 6.16. The van der Waals surface area contributed by atoms with E-state index >= 15 is 0 Å². The molecule has 0 amide bonds. The average Bonchev–Trinajstić information content (AvgIpc) is 3.11. The summed E-state index contributed by atoms with van der Waals surface area (Å²) in [5.74, 6) is -1.29. The molecule has 0 aliphatic carbocycles. The van der Waals surface area contributed by atoms with Crippen LogP contribution in [0.2, 0.25) is 5.02 Å². The molecule has 0 saturated heterocycles. The van der Waals surface area contributed by atoms with Gasteiger partial charge in [-0.2, -0.15) is 13.2 Å². The number of halogens is 4. The third-order valence-electron chi connectivity index (χ3n) is 4.20. The molecule has 0 radical (unpaired) electrons. The maximum Gasteiger partial charge on any atom is 0.451 e. The predicted octanol–water partition coefficient (Wildman–Crippen LogP) is 4.55. The molecule has 0 atom stereocenters. The van der Waals surface area contributed by atoms with Crippen LogP contribution in [0.25, 0.3) is 11.2 Å². The second kappa shape index (κ2) is 7.67. The molecule has 0 bridgehead atoms. The number of nitrogens with zero attached hydrogens (tertiary/aromatic N) is 5. The highest BCUT2D eigenvalue weighted by Crippen LogP contribution is 2.30. The second-order valence-electron chi connectivity index (χ2n) is 6.24. The number of anilines is 1. The van der Waals surface area contributed by atoms with Crippen molar-refractivity contribution in [2.75, 3.05) is 5.32 Å². The Bertz CT molecular complexity index is 1140. The Morgan fingerprint density at radius 3 is 2.41 bits per heavy atom. The standard InChI is InChI=1S/C19H14ClF3N6/c20-14-9-5-4-8-13(14)11-29-17-15(27-28-29)16(25-18(26-17)19(21,22)23)24-10-12-6-2-1-3-7-12/h1-9H,10-11H2,(H,24,25,26). The van der Waals surface area contributed by atoms with Gasteiger partial charge in [0.05, 0.1) is 6.54 Å². The highest BCUT2D eigenvalue weighted by atomic mass is 35.5. The van der Waals surface area contributed by atoms with Crippen molar-refractivity contribution in [1.82, 2.24) is 25.0 Å². The fraction of sp³-hybridized carbons (Fsp3) is 0.158. The molecule has 2 aromatic heterocycles. The normalized spacial score (nSPS) is 11.7. The fourth-order valence-electron chi connectivity index (χ4n) is 2.78.